The van der Waals surface area contributed by atoms with Crippen LogP contribution in [0.5, 0.6) is 11.5 Å². The van der Waals surface area contributed by atoms with Gasteiger partial charge in [-0.25, -0.2) is 4.39 Å². The number of aromatic nitrogens is 2. The molecule has 3 aromatic rings. The first-order chi connectivity index (χ1) is 10.3. The van der Waals surface area contributed by atoms with E-state index in [-0.39, 0.29) is 18.5 Å². The van der Waals surface area contributed by atoms with Crippen LogP contribution in [-0.2, 0) is 0 Å². The van der Waals surface area contributed by atoms with Crippen molar-refractivity contribution in [1.82, 2.24) is 10.1 Å². The average Bonchev–Trinajstić information content (AvgIpc) is 3.15. The van der Waals surface area contributed by atoms with E-state index in [1.165, 1.54) is 12.1 Å². The van der Waals surface area contributed by atoms with Crippen LogP contribution in [-0.4, -0.2) is 16.9 Å². The van der Waals surface area contributed by atoms with Crippen LogP contribution in [0.4, 0.5) is 4.39 Å². The quantitative estimate of drug-likeness (QED) is 0.722. The minimum Gasteiger partial charge on any atom is -0.454 e. The molecule has 2 aromatic carbocycles. The summed E-state index contributed by atoms with van der Waals surface area (Å²) in [6, 6.07) is 11.4. The maximum absolute atomic E-state index is 13.2. The first kappa shape index (κ1) is 11.9. The summed E-state index contributed by atoms with van der Waals surface area (Å²) >= 11 is 0. The molecule has 1 aliphatic rings. The summed E-state index contributed by atoms with van der Waals surface area (Å²) in [6.45, 7) is 0.208. The molecular weight excluding hydrogens is 275 g/mol. The Hall–Kier alpha value is -2.89. The molecule has 0 saturated carbocycles. The highest BCUT2D eigenvalue weighted by molar-refractivity contribution is 5.63. The van der Waals surface area contributed by atoms with Gasteiger partial charge in [0.05, 0.1) is 0 Å². The number of benzene rings is 2. The predicted molar refractivity (Wildman–Crippen MR) is 71.3 cm³/mol. The lowest BCUT2D eigenvalue weighted by atomic mass is 10.2. The molecule has 5 nitrogen and oxygen atoms in total. The third-order valence-electron chi connectivity index (χ3n) is 3.13. The molecule has 4 rings (SSSR count). The first-order valence-corrected chi connectivity index (χ1v) is 6.29. The Balaban J connectivity index is 1.71. The number of fused-ring (bicyclic) bond motifs is 1. The summed E-state index contributed by atoms with van der Waals surface area (Å²) in [5.41, 5.74) is 1.28. The summed E-state index contributed by atoms with van der Waals surface area (Å²) in [7, 11) is 0. The van der Waals surface area contributed by atoms with Crippen molar-refractivity contribution in [3.63, 3.8) is 0 Å². The van der Waals surface area contributed by atoms with Crippen molar-refractivity contribution in [2.45, 2.75) is 0 Å². The van der Waals surface area contributed by atoms with Gasteiger partial charge in [0.25, 0.3) is 5.89 Å². The van der Waals surface area contributed by atoms with Crippen molar-refractivity contribution in [3.8, 4) is 34.3 Å². The molecule has 0 atom stereocenters. The summed E-state index contributed by atoms with van der Waals surface area (Å²) in [6.07, 6.45) is 0. The fourth-order valence-electron chi connectivity index (χ4n) is 2.12. The van der Waals surface area contributed by atoms with Gasteiger partial charge in [0, 0.05) is 11.1 Å². The number of rotatable bonds is 2. The monoisotopic (exact) mass is 284 g/mol. The van der Waals surface area contributed by atoms with Crippen LogP contribution in [0.15, 0.2) is 47.0 Å². The second-order valence-electron chi connectivity index (χ2n) is 4.50. The van der Waals surface area contributed by atoms with Gasteiger partial charge in [-0.3, -0.25) is 0 Å². The van der Waals surface area contributed by atoms with Gasteiger partial charge in [0.1, 0.15) is 5.82 Å². The Kier molecular flexibility index (Phi) is 2.60. The fraction of sp³-hybridized carbons (Fsp3) is 0.0667. The smallest absolute Gasteiger partial charge is 0.258 e. The molecular formula is C15H9FN2O3. The molecule has 0 saturated heterocycles. The molecule has 0 spiro atoms. The van der Waals surface area contributed by atoms with Crippen LogP contribution >= 0.6 is 0 Å². The molecule has 0 radical (unpaired) electrons. The highest BCUT2D eigenvalue weighted by atomic mass is 19.1. The minimum absolute atomic E-state index is 0.208. The average molecular weight is 284 g/mol. The van der Waals surface area contributed by atoms with Gasteiger partial charge < -0.3 is 14.0 Å². The number of ether oxygens (including phenoxy) is 2. The molecule has 1 aliphatic heterocycles. The summed E-state index contributed by atoms with van der Waals surface area (Å²) in [4.78, 5) is 4.28. The lowest BCUT2D eigenvalue weighted by Crippen LogP contribution is -1.92. The van der Waals surface area contributed by atoms with Gasteiger partial charge in [-0.05, 0) is 36.4 Å². The van der Waals surface area contributed by atoms with E-state index in [2.05, 4.69) is 10.1 Å². The lowest BCUT2D eigenvalue weighted by Gasteiger charge is -1.97. The number of hydrogen-bond donors (Lipinski definition) is 0. The maximum Gasteiger partial charge on any atom is 0.258 e. The van der Waals surface area contributed by atoms with Crippen LogP contribution in [0, 0.1) is 5.82 Å². The van der Waals surface area contributed by atoms with E-state index < -0.39 is 0 Å². The van der Waals surface area contributed by atoms with Crippen LogP contribution in [0.25, 0.3) is 22.8 Å². The van der Waals surface area contributed by atoms with Crippen molar-refractivity contribution in [2.75, 3.05) is 6.79 Å². The van der Waals surface area contributed by atoms with Crippen molar-refractivity contribution in [3.05, 3.63) is 48.3 Å². The van der Waals surface area contributed by atoms with E-state index in [9.17, 15) is 4.39 Å². The van der Waals surface area contributed by atoms with Gasteiger partial charge in [0.15, 0.2) is 11.5 Å². The molecule has 0 unspecified atom stereocenters. The SMILES string of the molecule is Fc1cccc(-c2nc(-c3ccc4c(c3)OCO4)no2)c1. The second kappa shape index (κ2) is 4.59. The molecule has 21 heavy (non-hydrogen) atoms. The van der Waals surface area contributed by atoms with Crippen LogP contribution in [0.1, 0.15) is 0 Å². The molecule has 6 heteroatoms. The van der Waals surface area contributed by atoms with E-state index in [4.69, 9.17) is 14.0 Å². The normalized spacial score (nSPS) is 12.6. The van der Waals surface area contributed by atoms with E-state index >= 15 is 0 Å². The molecule has 0 N–H and O–H groups in total. The summed E-state index contributed by atoms with van der Waals surface area (Å²) < 4.78 is 29.0. The third kappa shape index (κ3) is 2.10. The maximum atomic E-state index is 13.2. The molecule has 0 bridgehead atoms. The number of halogens is 1. The van der Waals surface area contributed by atoms with Gasteiger partial charge in [0.2, 0.25) is 12.6 Å². The Morgan fingerprint density at radius 1 is 0.952 bits per heavy atom. The lowest BCUT2D eigenvalue weighted by molar-refractivity contribution is 0.174. The van der Waals surface area contributed by atoms with Crippen LogP contribution < -0.4 is 9.47 Å². The summed E-state index contributed by atoms with van der Waals surface area (Å²) in [5.74, 6) is 1.65. The highest BCUT2D eigenvalue weighted by Gasteiger charge is 2.17. The summed E-state index contributed by atoms with van der Waals surface area (Å²) in [5, 5.41) is 3.91. The molecule has 0 amide bonds. The van der Waals surface area contributed by atoms with E-state index in [0.717, 1.165) is 5.56 Å². The highest BCUT2D eigenvalue weighted by Crippen LogP contribution is 2.35. The van der Waals surface area contributed by atoms with Crippen LogP contribution in [0.3, 0.4) is 0 Å². The van der Waals surface area contributed by atoms with Crippen molar-refractivity contribution in [1.29, 1.82) is 0 Å². The molecule has 104 valence electrons. The van der Waals surface area contributed by atoms with Gasteiger partial charge in [-0.1, -0.05) is 11.2 Å². The van der Waals surface area contributed by atoms with E-state index in [1.54, 1.807) is 24.3 Å². The van der Waals surface area contributed by atoms with Crippen molar-refractivity contribution >= 4 is 0 Å². The topological polar surface area (TPSA) is 57.4 Å². The number of nitrogens with zero attached hydrogens (tertiary/aromatic N) is 2. The zero-order valence-electron chi connectivity index (χ0n) is 10.7. The van der Waals surface area contributed by atoms with Gasteiger partial charge in [-0.15, -0.1) is 0 Å². The van der Waals surface area contributed by atoms with E-state index in [0.29, 0.717) is 22.9 Å². The zero-order chi connectivity index (χ0) is 14.2. The van der Waals surface area contributed by atoms with E-state index in [1.807, 2.05) is 6.07 Å². The van der Waals surface area contributed by atoms with Crippen LogP contribution in [0.2, 0.25) is 0 Å². The molecule has 0 fully saturated rings. The zero-order valence-corrected chi connectivity index (χ0v) is 10.7. The molecule has 0 aliphatic carbocycles. The number of hydrogen-bond acceptors (Lipinski definition) is 5. The molecule has 1 aromatic heterocycles. The van der Waals surface area contributed by atoms with Gasteiger partial charge in [-0.2, -0.15) is 4.98 Å². The minimum atomic E-state index is -0.352. The van der Waals surface area contributed by atoms with Gasteiger partial charge >= 0.3 is 0 Å². The standard InChI is InChI=1S/C15H9FN2O3/c16-11-3-1-2-10(6-11)15-17-14(18-21-15)9-4-5-12-13(7-9)20-8-19-12/h1-7H,8H2. The Morgan fingerprint density at radius 2 is 1.86 bits per heavy atom. The second-order valence-corrected chi connectivity index (χ2v) is 4.50. The predicted octanol–water partition coefficient (Wildman–Crippen LogP) is 3.27. The Bertz CT molecular complexity index is 816. The third-order valence-corrected chi connectivity index (χ3v) is 3.13. The first-order valence-electron chi connectivity index (χ1n) is 6.29. The van der Waals surface area contributed by atoms with Crippen molar-refractivity contribution in [2.24, 2.45) is 0 Å². The Morgan fingerprint density at radius 3 is 2.76 bits per heavy atom. The molecule has 2 heterocycles. The Labute approximate surface area is 118 Å². The largest absolute Gasteiger partial charge is 0.454 e. The van der Waals surface area contributed by atoms with Crippen molar-refractivity contribution < 1.29 is 18.4 Å². The fourth-order valence-corrected chi connectivity index (χ4v) is 2.12.